The molecule has 0 bridgehead atoms. The van der Waals surface area contributed by atoms with Gasteiger partial charge >= 0.3 is 0 Å². The summed E-state index contributed by atoms with van der Waals surface area (Å²) in [5.41, 5.74) is 2.87. The van der Waals surface area contributed by atoms with E-state index in [4.69, 9.17) is 0 Å². The van der Waals surface area contributed by atoms with Crippen LogP contribution in [0.15, 0.2) is 24.3 Å². The van der Waals surface area contributed by atoms with E-state index in [-0.39, 0.29) is 6.10 Å². The molecule has 1 aliphatic carbocycles. The van der Waals surface area contributed by atoms with Crippen LogP contribution in [0, 0.1) is 11.3 Å². The van der Waals surface area contributed by atoms with Gasteiger partial charge in [0.2, 0.25) is 0 Å². The molecule has 0 aliphatic heterocycles. The highest BCUT2D eigenvalue weighted by Crippen LogP contribution is 2.37. The fourth-order valence-electron chi connectivity index (χ4n) is 3.38. The minimum Gasteiger partial charge on any atom is -0.388 e. The summed E-state index contributed by atoms with van der Waals surface area (Å²) in [4.78, 5) is 0. The lowest BCUT2D eigenvalue weighted by Crippen LogP contribution is -2.14. The zero-order valence-electron chi connectivity index (χ0n) is 13.5. The molecule has 0 radical (unpaired) electrons. The first-order valence-electron chi connectivity index (χ1n) is 8.13. The van der Waals surface area contributed by atoms with Gasteiger partial charge in [-0.25, -0.2) is 0 Å². The Morgan fingerprint density at radius 1 is 1.15 bits per heavy atom. The molecule has 1 aliphatic rings. The van der Waals surface area contributed by atoms with Crippen LogP contribution in [0.1, 0.15) is 82.9 Å². The second-order valence-corrected chi connectivity index (χ2v) is 7.92. The Kier molecular flexibility index (Phi) is 4.90. The molecule has 1 heteroatoms. The van der Waals surface area contributed by atoms with E-state index in [9.17, 15) is 5.11 Å². The first-order chi connectivity index (χ1) is 9.35. The standard InChI is InChI=1S/C19H30O/c1-14(13-19(2,3)4)12-18(20)17-10-8-16(9-11-17)15-6-5-7-15/h8-11,14-15,18,20H,5-7,12-13H2,1-4H3. The van der Waals surface area contributed by atoms with Gasteiger partial charge in [-0.05, 0) is 54.1 Å². The lowest BCUT2D eigenvalue weighted by molar-refractivity contribution is 0.134. The summed E-state index contributed by atoms with van der Waals surface area (Å²) in [6.07, 6.45) is 5.75. The second kappa shape index (κ2) is 6.30. The molecule has 1 aromatic rings. The van der Waals surface area contributed by atoms with Crippen LogP contribution < -0.4 is 0 Å². The highest BCUT2D eigenvalue weighted by Gasteiger charge is 2.21. The Labute approximate surface area is 124 Å². The van der Waals surface area contributed by atoms with E-state index in [1.54, 1.807) is 0 Å². The van der Waals surface area contributed by atoms with E-state index in [1.165, 1.54) is 24.8 Å². The average molecular weight is 274 g/mol. The third kappa shape index (κ3) is 4.34. The minimum atomic E-state index is -0.317. The van der Waals surface area contributed by atoms with Crippen molar-refractivity contribution in [3.63, 3.8) is 0 Å². The summed E-state index contributed by atoms with van der Waals surface area (Å²) in [6, 6.07) is 8.69. The topological polar surface area (TPSA) is 20.2 Å². The van der Waals surface area contributed by atoms with Crippen LogP contribution >= 0.6 is 0 Å². The lowest BCUT2D eigenvalue weighted by Gasteiger charge is -2.27. The molecule has 0 saturated heterocycles. The Balaban J connectivity index is 1.89. The minimum absolute atomic E-state index is 0.317. The second-order valence-electron chi connectivity index (χ2n) is 7.92. The highest BCUT2D eigenvalue weighted by molar-refractivity contribution is 5.27. The SMILES string of the molecule is CC(CC(O)c1ccc(C2CCC2)cc1)CC(C)(C)C. The van der Waals surface area contributed by atoms with E-state index in [0.717, 1.165) is 24.3 Å². The summed E-state index contributed by atoms with van der Waals surface area (Å²) in [7, 11) is 0. The molecule has 2 unspecified atom stereocenters. The smallest absolute Gasteiger partial charge is 0.0792 e. The van der Waals surface area contributed by atoms with Crippen molar-refractivity contribution in [1.82, 2.24) is 0 Å². The molecule has 20 heavy (non-hydrogen) atoms. The normalized spacial score (nSPS) is 19.4. The van der Waals surface area contributed by atoms with E-state index in [1.807, 2.05) is 0 Å². The van der Waals surface area contributed by atoms with Crippen molar-refractivity contribution in [1.29, 1.82) is 0 Å². The summed E-state index contributed by atoms with van der Waals surface area (Å²) < 4.78 is 0. The first-order valence-corrected chi connectivity index (χ1v) is 8.13. The molecule has 1 nitrogen and oxygen atoms in total. The molecule has 0 spiro atoms. The zero-order chi connectivity index (χ0) is 14.8. The Hall–Kier alpha value is -0.820. The van der Waals surface area contributed by atoms with E-state index in [2.05, 4.69) is 52.0 Å². The van der Waals surface area contributed by atoms with Gasteiger partial charge in [0.25, 0.3) is 0 Å². The number of hydrogen-bond donors (Lipinski definition) is 1. The fourth-order valence-corrected chi connectivity index (χ4v) is 3.38. The first kappa shape index (κ1) is 15.6. The maximum Gasteiger partial charge on any atom is 0.0792 e. The van der Waals surface area contributed by atoms with Crippen molar-refractivity contribution in [2.75, 3.05) is 0 Å². The van der Waals surface area contributed by atoms with Crippen molar-refractivity contribution < 1.29 is 5.11 Å². The predicted octanol–water partition coefficient (Wildman–Crippen LogP) is 5.45. The Morgan fingerprint density at radius 2 is 1.75 bits per heavy atom. The largest absolute Gasteiger partial charge is 0.388 e. The maximum atomic E-state index is 10.4. The van der Waals surface area contributed by atoms with Gasteiger partial charge in [-0.1, -0.05) is 58.4 Å². The molecule has 1 fully saturated rings. The summed E-state index contributed by atoms with van der Waals surface area (Å²) in [5, 5.41) is 10.4. The quantitative estimate of drug-likeness (QED) is 0.757. The van der Waals surface area contributed by atoms with Crippen LogP contribution in [-0.2, 0) is 0 Å². The highest BCUT2D eigenvalue weighted by atomic mass is 16.3. The van der Waals surface area contributed by atoms with E-state index >= 15 is 0 Å². The Bertz CT molecular complexity index is 408. The van der Waals surface area contributed by atoms with Crippen LogP contribution in [-0.4, -0.2) is 5.11 Å². The van der Waals surface area contributed by atoms with Gasteiger partial charge in [-0.15, -0.1) is 0 Å². The van der Waals surface area contributed by atoms with Crippen molar-refractivity contribution in [3.8, 4) is 0 Å². The predicted molar refractivity (Wildman–Crippen MR) is 85.8 cm³/mol. The third-order valence-electron chi connectivity index (χ3n) is 4.48. The maximum absolute atomic E-state index is 10.4. The fraction of sp³-hybridized carbons (Fsp3) is 0.684. The molecule has 0 amide bonds. The van der Waals surface area contributed by atoms with Crippen LogP contribution in [0.25, 0.3) is 0 Å². The molecule has 1 saturated carbocycles. The van der Waals surface area contributed by atoms with Crippen LogP contribution in [0.2, 0.25) is 0 Å². The summed E-state index contributed by atoms with van der Waals surface area (Å²) in [6.45, 7) is 9.05. The van der Waals surface area contributed by atoms with E-state index in [0.29, 0.717) is 11.3 Å². The van der Waals surface area contributed by atoms with Gasteiger partial charge in [0.1, 0.15) is 0 Å². The van der Waals surface area contributed by atoms with Crippen LogP contribution in [0.3, 0.4) is 0 Å². The van der Waals surface area contributed by atoms with Crippen molar-refractivity contribution in [2.45, 2.75) is 71.8 Å². The van der Waals surface area contributed by atoms with Crippen molar-refractivity contribution in [3.05, 3.63) is 35.4 Å². The van der Waals surface area contributed by atoms with Gasteiger partial charge in [0, 0.05) is 0 Å². The number of rotatable bonds is 5. The summed E-state index contributed by atoms with van der Waals surface area (Å²) in [5.74, 6) is 1.33. The number of benzene rings is 1. The molecule has 2 atom stereocenters. The number of aliphatic hydroxyl groups excluding tert-OH is 1. The zero-order valence-corrected chi connectivity index (χ0v) is 13.5. The van der Waals surface area contributed by atoms with Gasteiger partial charge < -0.3 is 5.11 Å². The monoisotopic (exact) mass is 274 g/mol. The molecule has 0 heterocycles. The van der Waals surface area contributed by atoms with Gasteiger partial charge in [-0.3, -0.25) is 0 Å². The van der Waals surface area contributed by atoms with Crippen molar-refractivity contribution in [2.24, 2.45) is 11.3 Å². The lowest BCUT2D eigenvalue weighted by atomic mass is 9.79. The molecule has 1 N–H and O–H groups in total. The molecule has 1 aromatic carbocycles. The molecule has 112 valence electrons. The molecule has 2 rings (SSSR count). The van der Waals surface area contributed by atoms with Gasteiger partial charge in [-0.2, -0.15) is 0 Å². The molecular formula is C19H30O. The molecular weight excluding hydrogens is 244 g/mol. The number of aliphatic hydroxyl groups is 1. The number of hydrogen-bond acceptors (Lipinski definition) is 1. The van der Waals surface area contributed by atoms with Crippen molar-refractivity contribution >= 4 is 0 Å². The third-order valence-corrected chi connectivity index (χ3v) is 4.48. The Morgan fingerprint density at radius 3 is 2.20 bits per heavy atom. The molecule has 0 aromatic heterocycles. The van der Waals surface area contributed by atoms with Crippen LogP contribution in [0.4, 0.5) is 0 Å². The summed E-state index contributed by atoms with van der Waals surface area (Å²) >= 11 is 0. The van der Waals surface area contributed by atoms with Crippen LogP contribution in [0.5, 0.6) is 0 Å². The average Bonchev–Trinajstić information content (AvgIpc) is 2.24. The van der Waals surface area contributed by atoms with E-state index < -0.39 is 0 Å². The van der Waals surface area contributed by atoms with Gasteiger partial charge in [0.15, 0.2) is 0 Å². The van der Waals surface area contributed by atoms with Gasteiger partial charge in [0.05, 0.1) is 6.10 Å².